The molecule has 0 unspecified atom stereocenters. The van der Waals surface area contributed by atoms with Crippen molar-refractivity contribution in [1.82, 2.24) is 19.4 Å². The van der Waals surface area contributed by atoms with Gasteiger partial charge in [0.2, 0.25) is 0 Å². The standard InChI is InChI=1S/C22H24N4O/c1-14(2)20(21-23-17-7-5-6-8-19(17)26(21)4)24-22(27)16-9-10-18-15(13-16)11-12-25(18)3/h5-14,20H,1-4H3,(H,24,27)/t20-/m1/s1. The minimum absolute atomic E-state index is 0.0773. The Morgan fingerprint density at radius 3 is 2.56 bits per heavy atom. The quantitative estimate of drug-likeness (QED) is 0.593. The number of nitrogens with one attached hydrogen (secondary N) is 1. The number of nitrogens with zero attached hydrogens (tertiary/aromatic N) is 3. The summed E-state index contributed by atoms with van der Waals surface area (Å²) in [6.45, 7) is 4.20. The van der Waals surface area contributed by atoms with E-state index in [1.165, 1.54) is 0 Å². The van der Waals surface area contributed by atoms with Crippen LogP contribution in [0.4, 0.5) is 0 Å². The largest absolute Gasteiger partial charge is 0.351 e. The molecule has 4 rings (SSSR count). The van der Waals surface area contributed by atoms with Crippen molar-refractivity contribution < 1.29 is 4.79 Å². The Hall–Kier alpha value is -3.08. The predicted molar refractivity (Wildman–Crippen MR) is 109 cm³/mol. The molecule has 1 N–H and O–H groups in total. The van der Waals surface area contributed by atoms with Gasteiger partial charge in [-0.05, 0) is 42.3 Å². The van der Waals surface area contributed by atoms with E-state index in [0.29, 0.717) is 5.56 Å². The molecule has 0 aliphatic carbocycles. The van der Waals surface area contributed by atoms with E-state index in [0.717, 1.165) is 27.8 Å². The number of aromatic nitrogens is 3. The van der Waals surface area contributed by atoms with Crippen LogP contribution in [0, 0.1) is 5.92 Å². The highest BCUT2D eigenvalue weighted by atomic mass is 16.1. The van der Waals surface area contributed by atoms with Crippen LogP contribution in [0.2, 0.25) is 0 Å². The number of carbonyl (C=O) groups excluding carboxylic acids is 1. The molecule has 0 bridgehead atoms. The summed E-state index contributed by atoms with van der Waals surface area (Å²) in [7, 11) is 4.00. The van der Waals surface area contributed by atoms with Crippen LogP contribution in [0.3, 0.4) is 0 Å². The Morgan fingerprint density at radius 1 is 1.04 bits per heavy atom. The molecule has 2 heterocycles. The predicted octanol–water partition coefficient (Wildman–Crippen LogP) is 4.19. The van der Waals surface area contributed by atoms with Gasteiger partial charge in [-0.25, -0.2) is 4.98 Å². The summed E-state index contributed by atoms with van der Waals surface area (Å²) in [5.74, 6) is 1.01. The van der Waals surface area contributed by atoms with Crippen LogP contribution in [0.25, 0.3) is 21.9 Å². The minimum Gasteiger partial charge on any atom is -0.351 e. The maximum atomic E-state index is 13.0. The zero-order valence-electron chi connectivity index (χ0n) is 16.1. The lowest BCUT2D eigenvalue weighted by Gasteiger charge is -2.22. The summed E-state index contributed by atoms with van der Waals surface area (Å²) in [5.41, 5.74) is 3.79. The van der Waals surface area contributed by atoms with Gasteiger partial charge in [-0.2, -0.15) is 0 Å². The zero-order chi connectivity index (χ0) is 19.1. The molecule has 0 spiro atoms. The number of para-hydroxylation sites is 2. The fourth-order valence-electron chi connectivity index (χ4n) is 3.62. The lowest BCUT2D eigenvalue weighted by atomic mass is 10.0. The van der Waals surface area contributed by atoms with Crippen LogP contribution in [-0.2, 0) is 14.1 Å². The first-order chi connectivity index (χ1) is 13.0. The van der Waals surface area contributed by atoms with Gasteiger partial charge in [0, 0.05) is 36.8 Å². The van der Waals surface area contributed by atoms with E-state index >= 15 is 0 Å². The number of imidazole rings is 1. The number of hydrogen-bond acceptors (Lipinski definition) is 2. The molecule has 138 valence electrons. The van der Waals surface area contributed by atoms with Crippen LogP contribution in [0.15, 0.2) is 54.7 Å². The highest BCUT2D eigenvalue weighted by Gasteiger charge is 2.24. The van der Waals surface area contributed by atoms with Crippen molar-refractivity contribution in [3.8, 4) is 0 Å². The summed E-state index contributed by atoms with van der Waals surface area (Å²) >= 11 is 0. The number of rotatable bonds is 4. The average molecular weight is 360 g/mol. The molecule has 2 aromatic heterocycles. The van der Waals surface area contributed by atoms with E-state index in [-0.39, 0.29) is 17.9 Å². The van der Waals surface area contributed by atoms with Gasteiger partial charge in [0.05, 0.1) is 17.1 Å². The molecule has 27 heavy (non-hydrogen) atoms. The molecule has 1 atom stereocenters. The van der Waals surface area contributed by atoms with Crippen molar-refractivity contribution in [2.45, 2.75) is 19.9 Å². The normalized spacial score (nSPS) is 12.8. The van der Waals surface area contributed by atoms with Gasteiger partial charge >= 0.3 is 0 Å². The molecule has 1 amide bonds. The molecule has 0 radical (unpaired) electrons. The summed E-state index contributed by atoms with van der Waals surface area (Å²) in [6.07, 6.45) is 2.00. The van der Waals surface area contributed by atoms with Gasteiger partial charge in [0.1, 0.15) is 5.82 Å². The number of hydrogen-bond donors (Lipinski definition) is 1. The highest BCUT2D eigenvalue weighted by Crippen LogP contribution is 2.25. The Bertz CT molecular complexity index is 1140. The van der Waals surface area contributed by atoms with Gasteiger partial charge in [0.25, 0.3) is 5.91 Å². The van der Waals surface area contributed by atoms with E-state index < -0.39 is 0 Å². The Kier molecular flexibility index (Phi) is 4.22. The Morgan fingerprint density at radius 2 is 1.81 bits per heavy atom. The summed E-state index contributed by atoms with van der Waals surface area (Å²) in [6, 6.07) is 15.7. The molecule has 5 nitrogen and oxygen atoms in total. The number of fused-ring (bicyclic) bond motifs is 2. The first-order valence-corrected chi connectivity index (χ1v) is 9.23. The van der Waals surface area contributed by atoms with E-state index in [1.807, 2.05) is 73.4 Å². The molecule has 4 aromatic rings. The van der Waals surface area contributed by atoms with Gasteiger partial charge in [-0.3, -0.25) is 4.79 Å². The van der Waals surface area contributed by atoms with Crippen molar-refractivity contribution in [3.05, 3.63) is 66.1 Å². The van der Waals surface area contributed by atoms with E-state index in [4.69, 9.17) is 4.98 Å². The van der Waals surface area contributed by atoms with Crippen LogP contribution in [-0.4, -0.2) is 20.0 Å². The molecule has 2 aromatic carbocycles. The molecular weight excluding hydrogens is 336 g/mol. The molecule has 0 saturated heterocycles. The van der Waals surface area contributed by atoms with Crippen molar-refractivity contribution in [2.75, 3.05) is 0 Å². The first-order valence-electron chi connectivity index (χ1n) is 9.23. The molecule has 0 aliphatic rings. The summed E-state index contributed by atoms with van der Waals surface area (Å²) < 4.78 is 4.12. The Labute approximate surface area is 158 Å². The fourth-order valence-corrected chi connectivity index (χ4v) is 3.62. The molecular formula is C22H24N4O. The Balaban J connectivity index is 1.67. The van der Waals surface area contributed by atoms with Gasteiger partial charge < -0.3 is 14.5 Å². The smallest absolute Gasteiger partial charge is 0.251 e. The van der Waals surface area contributed by atoms with Crippen LogP contribution >= 0.6 is 0 Å². The number of carbonyl (C=O) groups is 1. The van der Waals surface area contributed by atoms with E-state index in [1.54, 1.807) is 0 Å². The average Bonchev–Trinajstić information content (AvgIpc) is 3.20. The number of benzene rings is 2. The van der Waals surface area contributed by atoms with Gasteiger partial charge in [-0.1, -0.05) is 26.0 Å². The van der Waals surface area contributed by atoms with Crippen molar-refractivity contribution in [1.29, 1.82) is 0 Å². The molecule has 0 fully saturated rings. The topological polar surface area (TPSA) is 51.9 Å². The maximum absolute atomic E-state index is 13.0. The monoisotopic (exact) mass is 360 g/mol. The third kappa shape index (κ3) is 2.99. The van der Waals surface area contributed by atoms with Crippen molar-refractivity contribution >= 4 is 27.8 Å². The molecule has 0 aliphatic heterocycles. The number of aryl methyl sites for hydroxylation is 2. The lowest BCUT2D eigenvalue weighted by molar-refractivity contribution is 0.0922. The highest BCUT2D eigenvalue weighted by molar-refractivity contribution is 5.98. The summed E-state index contributed by atoms with van der Waals surface area (Å²) in [4.78, 5) is 17.7. The minimum atomic E-state index is -0.165. The third-order valence-corrected chi connectivity index (χ3v) is 5.20. The summed E-state index contributed by atoms with van der Waals surface area (Å²) in [5, 5.41) is 4.26. The van der Waals surface area contributed by atoms with Crippen molar-refractivity contribution in [2.24, 2.45) is 20.0 Å². The van der Waals surface area contributed by atoms with E-state index in [9.17, 15) is 4.79 Å². The SMILES string of the molecule is CC(C)[C@@H](NC(=O)c1ccc2c(ccn2C)c1)c1nc2ccccc2n1C. The second kappa shape index (κ2) is 6.58. The maximum Gasteiger partial charge on any atom is 0.251 e. The third-order valence-electron chi connectivity index (χ3n) is 5.20. The van der Waals surface area contributed by atoms with Crippen LogP contribution < -0.4 is 5.32 Å². The van der Waals surface area contributed by atoms with Crippen LogP contribution in [0.5, 0.6) is 0 Å². The molecule has 5 heteroatoms. The molecule has 0 saturated carbocycles. The first kappa shape index (κ1) is 17.3. The van der Waals surface area contributed by atoms with E-state index in [2.05, 4.69) is 23.7 Å². The second-order valence-electron chi connectivity index (χ2n) is 7.41. The fraction of sp³-hybridized carbons (Fsp3) is 0.273. The van der Waals surface area contributed by atoms with Gasteiger partial charge in [0.15, 0.2) is 0 Å². The second-order valence-corrected chi connectivity index (χ2v) is 7.41. The van der Waals surface area contributed by atoms with Crippen molar-refractivity contribution in [3.63, 3.8) is 0 Å². The van der Waals surface area contributed by atoms with Gasteiger partial charge in [-0.15, -0.1) is 0 Å². The number of amides is 1. The zero-order valence-corrected chi connectivity index (χ0v) is 16.1. The lowest BCUT2D eigenvalue weighted by Crippen LogP contribution is -2.33. The van der Waals surface area contributed by atoms with Crippen LogP contribution in [0.1, 0.15) is 36.1 Å².